The van der Waals surface area contributed by atoms with E-state index in [1.165, 1.54) is 41.4 Å². The normalized spacial score (nSPS) is 11.4. The summed E-state index contributed by atoms with van der Waals surface area (Å²) in [5.74, 6) is 0.447. The number of halogens is 2. The van der Waals surface area contributed by atoms with Crippen LogP contribution in [0.15, 0.2) is 58.3 Å². The molecule has 0 unspecified atom stereocenters. The summed E-state index contributed by atoms with van der Waals surface area (Å²) in [6.45, 7) is -3.00. The minimum Gasteiger partial charge on any atom is -0.443 e. The average Bonchev–Trinajstić information content (AvgIpc) is 3.49. The maximum atomic E-state index is 12.8. The largest absolute Gasteiger partial charge is 0.443 e. The summed E-state index contributed by atoms with van der Waals surface area (Å²) >= 11 is 0. The zero-order chi connectivity index (χ0) is 23.7. The molecule has 0 radical (unpaired) electrons. The molecule has 5 heterocycles. The van der Waals surface area contributed by atoms with Crippen molar-refractivity contribution in [2.45, 2.75) is 19.5 Å². The fourth-order valence-electron chi connectivity index (χ4n) is 3.47. The second-order valence-corrected chi connectivity index (χ2v) is 7.14. The molecule has 172 valence electrons. The smallest absolute Gasteiger partial charge is 0.387 e. The van der Waals surface area contributed by atoms with Gasteiger partial charge in [0.2, 0.25) is 17.4 Å². The maximum absolute atomic E-state index is 12.8. The molecule has 0 amide bonds. The SMILES string of the molecule is Nc1nc(-c2ncco2)c(Cc2ccc(=O)[nH]c2)c2nc(Cc3ncccc3OC(F)F)nn12. The van der Waals surface area contributed by atoms with Crippen molar-refractivity contribution in [3.63, 3.8) is 0 Å². The molecule has 34 heavy (non-hydrogen) atoms. The topological polar surface area (TPSA) is 150 Å². The summed E-state index contributed by atoms with van der Waals surface area (Å²) < 4.78 is 36.9. The number of aromatic nitrogens is 7. The number of oxazole rings is 1. The van der Waals surface area contributed by atoms with Gasteiger partial charge in [0, 0.05) is 30.4 Å². The molecule has 0 saturated carbocycles. The number of ether oxygens (including phenoxy) is 1. The Kier molecular flexibility index (Phi) is 5.41. The Balaban J connectivity index is 1.62. The summed E-state index contributed by atoms with van der Waals surface area (Å²) in [4.78, 5) is 31.4. The fraction of sp³-hybridized carbons (Fsp3) is 0.143. The molecule has 0 spiro atoms. The van der Waals surface area contributed by atoms with Crippen LogP contribution in [0.25, 0.3) is 17.2 Å². The molecule has 0 bridgehead atoms. The first-order valence-corrected chi connectivity index (χ1v) is 9.98. The second-order valence-electron chi connectivity index (χ2n) is 7.14. The molecule has 0 aliphatic heterocycles. The first-order valence-electron chi connectivity index (χ1n) is 9.98. The van der Waals surface area contributed by atoms with Gasteiger partial charge in [0.25, 0.3) is 0 Å². The van der Waals surface area contributed by atoms with Gasteiger partial charge in [-0.2, -0.15) is 13.3 Å². The zero-order valence-electron chi connectivity index (χ0n) is 17.4. The molecule has 0 fully saturated rings. The van der Waals surface area contributed by atoms with Gasteiger partial charge in [-0.05, 0) is 17.7 Å². The zero-order valence-corrected chi connectivity index (χ0v) is 17.4. The van der Waals surface area contributed by atoms with Gasteiger partial charge in [-0.3, -0.25) is 9.78 Å². The monoisotopic (exact) mass is 466 g/mol. The van der Waals surface area contributed by atoms with Crippen LogP contribution in [0.5, 0.6) is 5.75 Å². The number of alkyl halides is 2. The van der Waals surface area contributed by atoms with Gasteiger partial charge in [-0.25, -0.2) is 15.0 Å². The van der Waals surface area contributed by atoms with E-state index in [2.05, 4.69) is 34.8 Å². The van der Waals surface area contributed by atoms with E-state index in [0.717, 1.165) is 5.56 Å². The lowest BCUT2D eigenvalue weighted by Gasteiger charge is -2.09. The molecular formula is C21H16F2N8O3. The van der Waals surface area contributed by atoms with E-state index in [-0.39, 0.29) is 41.1 Å². The third-order valence-electron chi connectivity index (χ3n) is 4.90. The van der Waals surface area contributed by atoms with Crippen molar-refractivity contribution in [1.82, 2.24) is 34.5 Å². The van der Waals surface area contributed by atoms with Gasteiger partial charge in [0.15, 0.2) is 11.5 Å². The lowest BCUT2D eigenvalue weighted by atomic mass is 10.1. The molecule has 5 aromatic heterocycles. The summed E-state index contributed by atoms with van der Waals surface area (Å²) in [6.07, 6.45) is 6.22. The Bertz CT molecular complexity index is 1490. The molecule has 0 aliphatic rings. The highest BCUT2D eigenvalue weighted by atomic mass is 19.3. The number of hydrogen-bond donors (Lipinski definition) is 2. The van der Waals surface area contributed by atoms with Gasteiger partial charge in [0.1, 0.15) is 17.7 Å². The van der Waals surface area contributed by atoms with Gasteiger partial charge >= 0.3 is 6.61 Å². The van der Waals surface area contributed by atoms with E-state index < -0.39 is 6.61 Å². The molecule has 0 aromatic carbocycles. The van der Waals surface area contributed by atoms with E-state index in [1.54, 1.807) is 12.3 Å². The number of nitrogen functional groups attached to an aromatic ring is 1. The van der Waals surface area contributed by atoms with Gasteiger partial charge in [0.05, 0.1) is 18.3 Å². The Morgan fingerprint density at radius 2 is 2.03 bits per heavy atom. The van der Waals surface area contributed by atoms with Crippen LogP contribution < -0.4 is 16.0 Å². The van der Waals surface area contributed by atoms with E-state index in [4.69, 9.17) is 10.2 Å². The van der Waals surface area contributed by atoms with Crippen molar-refractivity contribution in [1.29, 1.82) is 0 Å². The maximum Gasteiger partial charge on any atom is 0.387 e. The van der Waals surface area contributed by atoms with Crippen LogP contribution in [-0.2, 0) is 12.8 Å². The minimum atomic E-state index is -3.00. The molecule has 13 heteroatoms. The van der Waals surface area contributed by atoms with E-state index in [0.29, 0.717) is 23.3 Å². The number of H-pyrrole nitrogens is 1. The Morgan fingerprint density at radius 3 is 2.76 bits per heavy atom. The molecule has 0 aliphatic carbocycles. The number of nitrogens with zero attached hydrogens (tertiary/aromatic N) is 6. The third kappa shape index (κ3) is 4.18. The highest BCUT2D eigenvalue weighted by Crippen LogP contribution is 2.28. The van der Waals surface area contributed by atoms with Crippen LogP contribution in [0.4, 0.5) is 14.7 Å². The van der Waals surface area contributed by atoms with Crippen molar-refractivity contribution in [3.05, 3.63) is 82.1 Å². The Labute approximate surface area is 189 Å². The highest BCUT2D eigenvalue weighted by Gasteiger charge is 2.22. The standard InChI is InChI=1S/C21H16F2N8O3/c22-20(23)34-14-2-1-5-25-13(14)9-15-28-18-12(8-11-3-4-16(32)27-10-11)17(19-26-6-7-33-19)29-21(24)31(18)30-15/h1-7,10,20H,8-9H2,(H2,24,29)(H,27,32). The van der Waals surface area contributed by atoms with Crippen LogP contribution in [0.2, 0.25) is 0 Å². The quantitative estimate of drug-likeness (QED) is 0.368. The fourth-order valence-corrected chi connectivity index (χ4v) is 3.47. The Hall–Kier alpha value is -4.68. The lowest BCUT2D eigenvalue weighted by molar-refractivity contribution is -0.0506. The van der Waals surface area contributed by atoms with E-state index in [9.17, 15) is 13.6 Å². The summed E-state index contributed by atoms with van der Waals surface area (Å²) in [5.41, 5.74) is 8.23. The predicted octanol–water partition coefficient (Wildman–Crippen LogP) is 2.23. The highest BCUT2D eigenvalue weighted by molar-refractivity contribution is 5.67. The number of hydrogen-bond acceptors (Lipinski definition) is 9. The number of aromatic amines is 1. The predicted molar refractivity (Wildman–Crippen MR) is 114 cm³/mol. The van der Waals surface area contributed by atoms with Crippen LogP contribution in [0, 0.1) is 0 Å². The molecule has 11 nitrogen and oxygen atoms in total. The van der Waals surface area contributed by atoms with Crippen molar-refractivity contribution in [2.75, 3.05) is 5.73 Å². The van der Waals surface area contributed by atoms with Crippen molar-refractivity contribution in [3.8, 4) is 17.3 Å². The van der Waals surface area contributed by atoms with Crippen LogP contribution in [0.1, 0.15) is 22.6 Å². The first-order chi connectivity index (χ1) is 16.5. The van der Waals surface area contributed by atoms with Crippen molar-refractivity contribution >= 4 is 11.6 Å². The van der Waals surface area contributed by atoms with Gasteiger partial charge in [-0.15, -0.1) is 5.10 Å². The number of pyridine rings is 2. The third-order valence-corrected chi connectivity index (χ3v) is 4.90. The molecule has 3 N–H and O–H groups in total. The van der Waals surface area contributed by atoms with Crippen LogP contribution in [0.3, 0.4) is 0 Å². The number of nitrogens with one attached hydrogen (secondary N) is 1. The number of nitrogens with two attached hydrogens (primary N) is 1. The van der Waals surface area contributed by atoms with Gasteiger partial charge in [-0.1, -0.05) is 6.07 Å². The van der Waals surface area contributed by atoms with E-state index >= 15 is 0 Å². The molecule has 5 aromatic rings. The first kappa shape index (κ1) is 21.2. The average molecular weight is 466 g/mol. The second kappa shape index (κ2) is 8.69. The van der Waals surface area contributed by atoms with Crippen LogP contribution >= 0.6 is 0 Å². The summed E-state index contributed by atoms with van der Waals surface area (Å²) in [6, 6.07) is 5.96. The van der Waals surface area contributed by atoms with Crippen LogP contribution in [-0.4, -0.2) is 41.1 Å². The van der Waals surface area contributed by atoms with Crippen molar-refractivity contribution in [2.24, 2.45) is 0 Å². The van der Waals surface area contributed by atoms with E-state index in [1.807, 2.05) is 0 Å². The molecular weight excluding hydrogens is 450 g/mol. The minimum absolute atomic E-state index is 0.0104. The number of fused-ring (bicyclic) bond motifs is 1. The lowest BCUT2D eigenvalue weighted by Crippen LogP contribution is -2.09. The summed E-state index contributed by atoms with van der Waals surface area (Å²) in [5, 5.41) is 4.39. The number of rotatable bonds is 7. The summed E-state index contributed by atoms with van der Waals surface area (Å²) in [7, 11) is 0. The van der Waals surface area contributed by atoms with Gasteiger partial charge < -0.3 is 19.9 Å². The number of anilines is 1. The Morgan fingerprint density at radius 1 is 1.15 bits per heavy atom. The molecule has 0 saturated heterocycles. The van der Waals surface area contributed by atoms with Crippen molar-refractivity contribution < 1.29 is 17.9 Å². The molecule has 0 atom stereocenters. The molecule has 5 rings (SSSR count).